The smallest absolute Gasteiger partial charge is 0.147 e. The maximum atomic E-state index is 11.6. The summed E-state index contributed by atoms with van der Waals surface area (Å²) in [6, 6.07) is 8.43. The minimum Gasteiger partial charge on any atom is -0.342 e. The van der Waals surface area contributed by atoms with Gasteiger partial charge in [0.15, 0.2) is 0 Å². The number of aryl methyl sites for hydroxylation is 1. The van der Waals surface area contributed by atoms with Crippen molar-refractivity contribution in [2.24, 2.45) is 0 Å². The van der Waals surface area contributed by atoms with Crippen LogP contribution in [0.1, 0.15) is 33.1 Å². The monoisotopic (exact) mass is 318 g/mol. The molecule has 0 aliphatic heterocycles. The van der Waals surface area contributed by atoms with Gasteiger partial charge in [0, 0.05) is 29.3 Å². The van der Waals surface area contributed by atoms with Crippen LogP contribution in [-0.4, -0.2) is 29.2 Å². The molecule has 0 saturated carbocycles. The third kappa shape index (κ3) is 4.14. The Balaban J connectivity index is 2.20. The fourth-order valence-corrected chi connectivity index (χ4v) is 3.99. The molecule has 0 radical (unpaired) electrons. The van der Waals surface area contributed by atoms with Gasteiger partial charge in [0.25, 0.3) is 0 Å². The molecule has 1 N–H and O–H groups in total. The summed E-state index contributed by atoms with van der Waals surface area (Å²) in [5.74, 6) is 0.969. The predicted molar refractivity (Wildman–Crippen MR) is 95.7 cm³/mol. The van der Waals surface area contributed by atoms with Gasteiger partial charge in [-0.25, -0.2) is 0 Å². The van der Waals surface area contributed by atoms with Gasteiger partial charge in [0.2, 0.25) is 0 Å². The van der Waals surface area contributed by atoms with Crippen molar-refractivity contribution in [2.45, 2.75) is 50.7 Å². The Morgan fingerprint density at radius 2 is 2.09 bits per heavy atom. The van der Waals surface area contributed by atoms with E-state index in [0.29, 0.717) is 0 Å². The van der Waals surface area contributed by atoms with Crippen LogP contribution in [-0.2, 0) is 11.3 Å². The average Bonchev–Trinajstić information content (AvgIpc) is 2.86. The van der Waals surface area contributed by atoms with Crippen LogP contribution < -0.4 is 5.32 Å². The van der Waals surface area contributed by atoms with Crippen LogP contribution in [0.25, 0.3) is 10.8 Å². The Bertz CT molecular complexity index is 621. The average molecular weight is 318 g/mol. The lowest BCUT2D eigenvalue weighted by Crippen LogP contribution is -2.34. The lowest BCUT2D eigenvalue weighted by atomic mass is 10.2. The van der Waals surface area contributed by atoms with E-state index in [9.17, 15) is 4.79 Å². The number of aromatic nitrogens is 1. The van der Waals surface area contributed by atoms with Crippen molar-refractivity contribution in [2.75, 3.05) is 12.8 Å². The summed E-state index contributed by atoms with van der Waals surface area (Å²) in [4.78, 5) is 11.6. The van der Waals surface area contributed by atoms with E-state index in [-0.39, 0.29) is 11.8 Å². The van der Waals surface area contributed by atoms with Crippen molar-refractivity contribution in [1.82, 2.24) is 9.88 Å². The summed E-state index contributed by atoms with van der Waals surface area (Å²) in [6.07, 6.45) is 5.93. The molecule has 0 saturated heterocycles. The number of nitrogens with zero attached hydrogens (tertiary/aromatic N) is 1. The SMILES string of the molecule is CCCCCn1cc2ccccc2c1SCC(NC)C(C)=O. The molecule has 3 nitrogen and oxygen atoms in total. The number of carbonyl (C=O) groups excluding carboxylic acids is 1. The highest BCUT2D eigenvalue weighted by atomic mass is 32.2. The van der Waals surface area contributed by atoms with Gasteiger partial charge in [-0.05, 0) is 20.4 Å². The van der Waals surface area contributed by atoms with E-state index in [1.165, 1.54) is 35.1 Å². The topological polar surface area (TPSA) is 34.0 Å². The van der Waals surface area contributed by atoms with Crippen LogP contribution in [0.4, 0.5) is 0 Å². The minimum atomic E-state index is -0.0808. The Kier molecular flexibility index (Phi) is 6.52. The molecule has 1 atom stereocenters. The second-order valence-electron chi connectivity index (χ2n) is 5.68. The van der Waals surface area contributed by atoms with Crippen LogP contribution in [0.5, 0.6) is 0 Å². The number of rotatable bonds is 9. The van der Waals surface area contributed by atoms with Crippen LogP contribution in [0.15, 0.2) is 35.5 Å². The second-order valence-corrected chi connectivity index (χ2v) is 6.69. The lowest BCUT2D eigenvalue weighted by Gasteiger charge is -2.14. The van der Waals surface area contributed by atoms with Crippen molar-refractivity contribution < 1.29 is 4.79 Å². The van der Waals surface area contributed by atoms with Gasteiger partial charge in [0.1, 0.15) is 5.78 Å². The molecule has 0 bridgehead atoms. The van der Waals surface area contributed by atoms with E-state index in [1.54, 1.807) is 18.7 Å². The number of nitrogens with one attached hydrogen (secondary N) is 1. The molecule has 0 amide bonds. The van der Waals surface area contributed by atoms with Crippen molar-refractivity contribution in [3.05, 3.63) is 30.5 Å². The second kappa shape index (κ2) is 8.39. The minimum absolute atomic E-state index is 0.0808. The standard InChI is InChI=1S/C18H26N2OS/c1-4-5-8-11-20-12-15-9-6-7-10-16(15)18(20)22-13-17(19-3)14(2)21/h6-7,9-10,12,17,19H,4-5,8,11,13H2,1-3H3. The summed E-state index contributed by atoms with van der Waals surface area (Å²) < 4.78 is 2.36. The zero-order chi connectivity index (χ0) is 15.9. The molecule has 0 spiro atoms. The highest BCUT2D eigenvalue weighted by molar-refractivity contribution is 7.99. The number of unbranched alkanes of at least 4 members (excludes halogenated alkanes) is 2. The zero-order valence-corrected chi connectivity index (χ0v) is 14.6. The third-order valence-electron chi connectivity index (χ3n) is 3.98. The van der Waals surface area contributed by atoms with Gasteiger partial charge in [-0.3, -0.25) is 4.79 Å². The van der Waals surface area contributed by atoms with Crippen molar-refractivity contribution in [3.63, 3.8) is 0 Å². The van der Waals surface area contributed by atoms with E-state index in [0.717, 1.165) is 12.3 Å². The lowest BCUT2D eigenvalue weighted by molar-refractivity contribution is -0.118. The van der Waals surface area contributed by atoms with E-state index in [1.807, 2.05) is 7.05 Å². The molecule has 4 heteroatoms. The first-order chi connectivity index (χ1) is 10.7. The third-order valence-corrected chi connectivity index (χ3v) is 5.20. The normalized spacial score (nSPS) is 12.7. The molecule has 2 aromatic rings. The van der Waals surface area contributed by atoms with E-state index < -0.39 is 0 Å². The maximum Gasteiger partial charge on any atom is 0.147 e. The maximum absolute atomic E-state index is 11.6. The summed E-state index contributed by atoms with van der Waals surface area (Å²) in [6.45, 7) is 4.93. The Labute approximate surface area is 137 Å². The molecule has 22 heavy (non-hydrogen) atoms. The van der Waals surface area contributed by atoms with Gasteiger partial charge in [-0.2, -0.15) is 0 Å². The summed E-state index contributed by atoms with van der Waals surface area (Å²) >= 11 is 1.78. The summed E-state index contributed by atoms with van der Waals surface area (Å²) in [5.41, 5.74) is 0. The van der Waals surface area contributed by atoms with Gasteiger partial charge in [0.05, 0.1) is 11.1 Å². The predicted octanol–water partition coefficient (Wildman–Crippen LogP) is 4.10. The number of fused-ring (bicyclic) bond motifs is 1. The Morgan fingerprint density at radius 3 is 2.77 bits per heavy atom. The number of likely N-dealkylation sites (N-methyl/N-ethyl adjacent to an activating group) is 1. The molecule has 120 valence electrons. The number of hydrogen-bond donors (Lipinski definition) is 1. The zero-order valence-electron chi connectivity index (χ0n) is 13.8. The number of thioether (sulfide) groups is 1. The van der Waals surface area contributed by atoms with Gasteiger partial charge in [-0.1, -0.05) is 44.0 Å². The molecule has 2 rings (SSSR count). The number of carbonyl (C=O) groups is 1. The summed E-state index contributed by atoms with van der Waals surface area (Å²) in [5, 5.41) is 6.97. The molecule has 1 aromatic carbocycles. The Morgan fingerprint density at radius 1 is 1.32 bits per heavy atom. The van der Waals surface area contributed by atoms with Crippen molar-refractivity contribution >= 4 is 28.3 Å². The molecular formula is C18H26N2OS. The molecule has 1 unspecified atom stereocenters. The molecular weight excluding hydrogens is 292 g/mol. The van der Waals surface area contributed by atoms with E-state index in [4.69, 9.17) is 0 Å². The van der Waals surface area contributed by atoms with Crippen LogP contribution in [0, 0.1) is 0 Å². The first kappa shape index (κ1) is 17.1. The fourth-order valence-electron chi connectivity index (χ4n) is 2.61. The molecule has 1 heterocycles. The van der Waals surface area contributed by atoms with E-state index >= 15 is 0 Å². The van der Waals surface area contributed by atoms with Gasteiger partial charge in [-0.15, -0.1) is 11.8 Å². The fraction of sp³-hybridized carbons (Fsp3) is 0.500. The van der Waals surface area contributed by atoms with Gasteiger partial charge < -0.3 is 9.88 Å². The number of hydrogen-bond acceptors (Lipinski definition) is 3. The quantitative estimate of drug-likeness (QED) is 0.558. The highest BCUT2D eigenvalue weighted by Crippen LogP contribution is 2.31. The highest BCUT2D eigenvalue weighted by Gasteiger charge is 2.15. The number of Topliss-reactive ketones (excluding diaryl/α,β-unsaturated/α-hetero) is 1. The first-order valence-electron chi connectivity index (χ1n) is 8.05. The number of benzene rings is 1. The number of ketones is 1. The summed E-state index contributed by atoms with van der Waals surface area (Å²) in [7, 11) is 1.85. The van der Waals surface area contributed by atoms with Crippen LogP contribution in [0.3, 0.4) is 0 Å². The molecule has 0 fully saturated rings. The molecule has 0 aliphatic carbocycles. The van der Waals surface area contributed by atoms with E-state index in [2.05, 4.69) is 47.3 Å². The van der Waals surface area contributed by atoms with Crippen molar-refractivity contribution in [1.29, 1.82) is 0 Å². The Hall–Kier alpha value is -1.26. The van der Waals surface area contributed by atoms with Crippen LogP contribution >= 0.6 is 11.8 Å². The first-order valence-corrected chi connectivity index (χ1v) is 9.04. The largest absolute Gasteiger partial charge is 0.342 e. The molecule has 1 aromatic heterocycles. The van der Waals surface area contributed by atoms with Gasteiger partial charge >= 0.3 is 0 Å². The van der Waals surface area contributed by atoms with Crippen molar-refractivity contribution in [3.8, 4) is 0 Å². The molecule has 0 aliphatic rings. The van der Waals surface area contributed by atoms with Crippen LogP contribution in [0.2, 0.25) is 0 Å².